The number of rotatable bonds is 3. The Morgan fingerprint density at radius 3 is 2.48 bits per heavy atom. The van der Waals surface area contributed by atoms with Crippen molar-refractivity contribution >= 4 is 11.6 Å². The highest BCUT2D eigenvalue weighted by atomic mass is 19.3. The number of alkyl halides is 2. The van der Waals surface area contributed by atoms with Crippen LogP contribution in [0.15, 0.2) is 42.5 Å². The number of nitrogens with zero attached hydrogens (tertiary/aromatic N) is 4. The molecule has 7 heteroatoms. The summed E-state index contributed by atoms with van der Waals surface area (Å²) in [5.74, 6) is -2.26. The second kappa shape index (κ2) is 6.07. The van der Waals surface area contributed by atoms with Crippen molar-refractivity contribution in [2.75, 3.05) is 18.8 Å². The van der Waals surface area contributed by atoms with Gasteiger partial charge in [0.05, 0.1) is 5.69 Å². The van der Waals surface area contributed by atoms with Gasteiger partial charge in [-0.3, -0.25) is 4.90 Å². The molecule has 130 valence electrons. The van der Waals surface area contributed by atoms with Gasteiger partial charge in [-0.1, -0.05) is 30.3 Å². The summed E-state index contributed by atoms with van der Waals surface area (Å²) in [6, 6.07) is 13.8. The van der Waals surface area contributed by atoms with Gasteiger partial charge in [0.15, 0.2) is 5.65 Å². The minimum absolute atomic E-state index is 0.0548. The molecule has 0 unspecified atom stereocenters. The first kappa shape index (κ1) is 16.0. The Morgan fingerprint density at radius 1 is 1.04 bits per heavy atom. The normalized spacial score (nSPS) is 17.8. The summed E-state index contributed by atoms with van der Waals surface area (Å²) in [5, 5.41) is 4.22. The van der Waals surface area contributed by atoms with Crippen molar-refractivity contribution in [3.05, 3.63) is 48.0 Å². The summed E-state index contributed by atoms with van der Waals surface area (Å²) in [5.41, 5.74) is 9.41. The number of likely N-dealkylation sites (tertiary alicyclic amines) is 1. The molecule has 0 saturated carbocycles. The van der Waals surface area contributed by atoms with Crippen LogP contribution in [-0.4, -0.2) is 38.5 Å². The fourth-order valence-corrected chi connectivity index (χ4v) is 3.22. The van der Waals surface area contributed by atoms with Crippen molar-refractivity contribution in [2.45, 2.75) is 25.3 Å². The lowest BCUT2D eigenvalue weighted by atomic mass is 10.0. The third kappa shape index (κ3) is 3.32. The Labute approximate surface area is 144 Å². The smallest absolute Gasteiger partial charge is 0.250 e. The summed E-state index contributed by atoms with van der Waals surface area (Å²) >= 11 is 0. The Kier molecular flexibility index (Phi) is 3.88. The van der Waals surface area contributed by atoms with E-state index in [2.05, 4.69) is 15.0 Å². The quantitative estimate of drug-likeness (QED) is 0.793. The Hall–Kier alpha value is -2.54. The lowest BCUT2D eigenvalue weighted by Crippen LogP contribution is -2.38. The molecule has 1 aromatic carbocycles. The second-order valence-electron chi connectivity index (χ2n) is 6.48. The van der Waals surface area contributed by atoms with Crippen molar-refractivity contribution in [1.29, 1.82) is 0 Å². The number of nitrogens with two attached hydrogens (primary N) is 1. The van der Waals surface area contributed by atoms with Gasteiger partial charge in [-0.05, 0) is 17.7 Å². The number of nitrogen functional groups attached to an aromatic ring is 1. The van der Waals surface area contributed by atoms with Gasteiger partial charge in [-0.2, -0.15) is 4.98 Å². The van der Waals surface area contributed by atoms with Gasteiger partial charge >= 0.3 is 0 Å². The molecule has 1 saturated heterocycles. The van der Waals surface area contributed by atoms with Crippen molar-refractivity contribution in [3.8, 4) is 11.3 Å². The van der Waals surface area contributed by atoms with Crippen LogP contribution in [0, 0.1) is 0 Å². The van der Waals surface area contributed by atoms with E-state index in [0.29, 0.717) is 25.3 Å². The number of anilines is 1. The van der Waals surface area contributed by atoms with Crippen LogP contribution in [0.25, 0.3) is 16.9 Å². The van der Waals surface area contributed by atoms with Crippen molar-refractivity contribution in [3.63, 3.8) is 0 Å². The molecular weight excluding hydrogens is 324 g/mol. The molecule has 0 amide bonds. The molecule has 0 atom stereocenters. The van der Waals surface area contributed by atoms with Gasteiger partial charge in [0.2, 0.25) is 5.95 Å². The Bertz CT molecular complexity index is 878. The molecule has 1 aliphatic rings. The zero-order valence-electron chi connectivity index (χ0n) is 13.7. The van der Waals surface area contributed by atoms with E-state index in [4.69, 9.17) is 5.73 Å². The topological polar surface area (TPSA) is 59.5 Å². The predicted octanol–water partition coefficient (Wildman–Crippen LogP) is 3.21. The summed E-state index contributed by atoms with van der Waals surface area (Å²) in [6.07, 6.45) is -0.110. The SMILES string of the molecule is Nc1nc2cccc(-c3ccc(CN4CCC(F)(F)CC4)cc3)n2n1. The highest BCUT2D eigenvalue weighted by molar-refractivity contribution is 5.63. The highest BCUT2D eigenvalue weighted by Crippen LogP contribution is 2.28. The van der Waals surface area contributed by atoms with Gasteiger partial charge < -0.3 is 5.73 Å². The minimum atomic E-state index is -2.50. The molecule has 0 spiro atoms. The fourth-order valence-electron chi connectivity index (χ4n) is 3.22. The van der Waals surface area contributed by atoms with E-state index in [1.54, 1.807) is 4.52 Å². The molecule has 0 bridgehead atoms. The van der Waals surface area contributed by atoms with Crippen molar-refractivity contribution < 1.29 is 8.78 Å². The van der Waals surface area contributed by atoms with Crippen molar-refractivity contribution in [2.24, 2.45) is 0 Å². The van der Waals surface area contributed by atoms with Crippen LogP contribution in [0.1, 0.15) is 18.4 Å². The fraction of sp³-hybridized carbons (Fsp3) is 0.333. The van der Waals surface area contributed by atoms with E-state index in [9.17, 15) is 8.78 Å². The summed E-state index contributed by atoms with van der Waals surface area (Å²) in [4.78, 5) is 6.24. The van der Waals surface area contributed by atoms with Crippen LogP contribution in [0.3, 0.4) is 0 Å². The molecule has 3 aromatic rings. The summed E-state index contributed by atoms with van der Waals surface area (Å²) < 4.78 is 28.2. The summed E-state index contributed by atoms with van der Waals surface area (Å²) in [6.45, 7) is 1.56. The van der Waals surface area contributed by atoms with Gasteiger partial charge in [-0.25, -0.2) is 13.3 Å². The first-order valence-electron chi connectivity index (χ1n) is 8.31. The van der Waals surface area contributed by atoms with Crippen molar-refractivity contribution in [1.82, 2.24) is 19.5 Å². The summed E-state index contributed by atoms with van der Waals surface area (Å²) in [7, 11) is 0. The van der Waals surface area contributed by atoms with E-state index in [-0.39, 0.29) is 18.8 Å². The van der Waals surface area contributed by atoms with E-state index >= 15 is 0 Å². The van der Waals surface area contributed by atoms with E-state index < -0.39 is 5.92 Å². The molecule has 25 heavy (non-hydrogen) atoms. The Balaban J connectivity index is 1.52. The third-order valence-corrected chi connectivity index (χ3v) is 4.62. The molecule has 3 heterocycles. The second-order valence-corrected chi connectivity index (χ2v) is 6.48. The molecule has 5 nitrogen and oxygen atoms in total. The molecule has 2 aromatic heterocycles. The van der Waals surface area contributed by atoms with Gasteiger partial charge in [0.1, 0.15) is 0 Å². The van der Waals surface area contributed by atoms with Gasteiger partial charge in [-0.15, -0.1) is 5.10 Å². The number of aromatic nitrogens is 3. The predicted molar refractivity (Wildman–Crippen MR) is 92.3 cm³/mol. The number of fused-ring (bicyclic) bond motifs is 1. The maximum atomic E-state index is 13.2. The zero-order chi connectivity index (χ0) is 17.4. The average molecular weight is 343 g/mol. The zero-order valence-corrected chi connectivity index (χ0v) is 13.7. The lowest BCUT2D eigenvalue weighted by Gasteiger charge is -2.31. The Morgan fingerprint density at radius 2 is 1.76 bits per heavy atom. The van der Waals surface area contributed by atoms with E-state index in [0.717, 1.165) is 16.8 Å². The van der Waals surface area contributed by atoms with Crippen LogP contribution in [0.4, 0.5) is 14.7 Å². The number of halogens is 2. The van der Waals surface area contributed by atoms with Gasteiger partial charge in [0.25, 0.3) is 5.92 Å². The first-order chi connectivity index (χ1) is 12.0. The molecule has 0 aliphatic carbocycles. The van der Waals surface area contributed by atoms with E-state index in [1.165, 1.54) is 0 Å². The lowest BCUT2D eigenvalue weighted by molar-refractivity contribution is -0.0566. The molecule has 2 N–H and O–H groups in total. The highest BCUT2D eigenvalue weighted by Gasteiger charge is 2.33. The molecule has 0 radical (unpaired) electrons. The van der Waals surface area contributed by atoms with Crippen LogP contribution in [0.2, 0.25) is 0 Å². The minimum Gasteiger partial charge on any atom is -0.366 e. The monoisotopic (exact) mass is 343 g/mol. The van der Waals surface area contributed by atoms with E-state index in [1.807, 2.05) is 42.5 Å². The molecule has 1 fully saturated rings. The average Bonchev–Trinajstić information content (AvgIpc) is 2.98. The molecule has 1 aliphatic heterocycles. The maximum absolute atomic E-state index is 13.2. The van der Waals surface area contributed by atoms with Crippen LogP contribution >= 0.6 is 0 Å². The number of benzene rings is 1. The number of piperidine rings is 1. The van der Waals surface area contributed by atoms with Gasteiger partial charge in [0, 0.05) is 38.0 Å². The van der Waals surface area contributed by atoms with Crippen LogP contribution < -0.4 is 5.73 Å². The number of hydrogen-bond donors (Lipinski definition) is 1. The maximum Gasteiger partial charge on any atom is 0.250 e. The number of pyridine rings is 1. The van der Waals surface area contributed by atoms with Crippen LogP contribution in [-0.2, 0) is 6.54 Å². The van der Waals surface area contributed by atoms with Crippen LogP contribution in [0.5, 0.6) is 0 Å². The standard InChI is InChI=1S/C18H19F2N5/c19-18(20)8-10-24(11-9-18)12-13-4-6-14(7-5-13)15-2-1-3-16-22-17(21)23-25(15)16/h1-7H,8-12H2,(H2,21,23). The molecular formula is C18H19F2N5. The third-order valence-electron chi connectivity index (χ3n) is 4.62. The number of hydrogen-bond acceptors (Lipinski definition) is 4. The molecule has 4 rings (SSSR count). The largest absolute Gasteiger partial charge is 0.366 e. The first-order valence-corrected chi connectivity index (χ1v) is 8.31.